The van der Waals surface area contributed by atoms with Crippen LogP contribution in [0.25, 0.3) is 0 Å². The first kappa shape index (κ1) is 9.85. The number of hydrogen-bond acceptors (Lipinski definition) is 1. The Balaban J connectivity index is 2.44. The molecule has 0 fully saturated rings. The van der Waals surface area contributed by atoms with E-state index in [4.69, 9.17) is 28.3 Å². The summed E-state index contributed by atoms with van der Waals surface area (Å²) in [4.78, 5) is 0. The molecule has 0 aromatic heterocycles. The molecule has 1 nitrogen and oxygen atoms in total. The normalized spacial score (nSPS) is 11.6. The largest absolute Gasteiger partial charge is 0.363 e. The molecule has 0 unspecified atom stereocenters. The van der Waals surface area contributed by atoms with Gasteiger partial charge in [0, 0.05) is 6.42 Å². The molecule has 0 heterocycles. The van der Waals surface area contributed by atoms with E-state index in [1.807, 2.05) is 30.3 Å². The Kier molecular flexibility index (Phi) is 3.39. The average molecular weight is 205 g/mol. The lowest BCUT2D eigenvalue weighted by atomic mass is 10.1. The lowest BCUT2D eigenvalue weighted by Crippen LogP contribution is -2.11. The monoisotopic (exact) mass is 204 g/mol. The second kappa shape index (κ2) is 4.13. The first-order chi connectivity index (χ1) is 5.58. The number of hydrogen-bond donors (Lipinski definition) is 1. The second-order valence-corrected chi connectivity index (χ2v) is 4.10. The molecule has 0 aliphatic carbocycles. The number of rotatable bonds is 3. The third kappa shape index (κ3) is 3.96. The Morgan fingerprint density at radius 1 is 1.17 bits per heavy atom. The molecule has 3 heteroatoms. The molecule has 1 N–H and O–H groups in total. The van der Waals surface area contributed by atoms with Crippen molar-refractivity contribution in [2.24, 2.45) is 0 Å². The van der Waals surface area contributed by atoms with Crippen molar-refractivity contribution in [2.45, 2.75) is 17.4 Å². The first-order valence-electron chi connectivity index (χ1n) is 3.72. The van der Waals surface area contributed by atoms with Gasteiger partial charge < -0.3 is 5.11 Å². The van der Waals surface area contributed by atoms with Gasteiger partial charge in [-0.05, 0) is 12.0 Å². The van der Waals surface area contributed by atoms with Crippen molar-refractivity contribution in [3.05, 3.63) is 35.9 Å². The summed E-state index contributed by atoms with van der Waals surface area (Å²) in [6.45, 7) is 0. The number of aryl methyl sites for hydroxylation is 1. The quantitative estimate of drug-likeness (QED) is 0.752. The molecule has 0 aliphatic heterocycles. The van der Waals surface area contributed by atoms with Crippen LogP contribution in [-0.4, -0.2) is 9.63 Å². The van der Waals surface area contributed by atoms with Crippen molar-refractivity contribution in [2.75, 3.05) is 0 Å². The summed E-state index contributed by atoms with van der Waals surface area (Å²) in [5, 5.41) is 9.01. The highest BCUT2D eigenvalue weighted by Crippen LogP contribution is 2.22. The van der Waals surface area contributed by atoms with Crippen LogP contribution in [0.2, 0.25) is 0 Å². The van der Waals surface area contributed by atoms with Crippen LogP contribution in [0.4, 0.5) is 0 Å². The maximum Gasteiger partial charge on any atom is 0.215 e. The molecular formula is C9H10Cl2O. The molecule has 0 saturated heterocycles. The van der Waals surface area contributed by atoms with Gasteiger partial charge in [0.05, 0.1) is 0 Å². The van der Waals surface area contributed by atoms with Crippen molar-refractivity contribution in [3.8, 4) is 0 Å². The molecule has 1 aromatic carbocycles. The van der Waals surface area contributed by atoms with Crippen LogP contribution in [0.15, 0.2) is 30.3 Å². The SMILES string of the molecule is OC(Cl)(Cl)CCc1ccccc1. The Bertz CT molecular complexity index is 228. The molecule has 12 heavy (non-hydrogen) atoms. The molecule has 0 amide bonds. The number of aliphatic hydroxyl groups is 1. The molecular weight excluding hydrogens is 195 g/mol. The van der Waals surface area contributed by atoms with Crippen LogP contribution in [-0.2, 0) is 6.42 Å². The maximum atomic E-state index is 9.01. The van der Waals surface area contributed by atoms with Gasteiger partial charge in [0.1, 0.15) is 0 Å². The third-order valence-electron chi connectivity index (χ3n) is 1.56. The van der Waals surface area contributed by atoms with Crippen LogP contribution >= 0.6 is 23.2 Å². The van der Waals surface area contributed by atoms with Gasteiger partial charge in [0.2, 0.25) is 4.52 Å². The molecule has 66 valence electrons. The molecule has 0 bridgehead atoms. The van der Waals surface area contributed by atoms with Crippen LogP contribution in [0.3, 0.4) is 0 Å². The summed E-state index contributed by atoms with van der Waals surface area (Å²) in [7, 11) is 0. The Morgan fingerprint density at radius 2 is 1.75 bits per heavy atom. The van der Waals surface area contributed by atoms with Crippen LogP contribution in [0.1, 0.15) is 12.0 Å². The fraction of sp³-hybridized carbons (Fsp3) is 0.333. The fourth-order valence-corrected chi connectivity index (χ4v) is 1.13. The van der Waals surface area contributed by atoms with Crippen LogP contribution in [0, 0.1) is 0 Å². The molecule has 1 rings (SSSR count). The molecule has 0 aliphatic rings. The van der Waals surface area contributed by atoms with Crippen molar-refractivity contribution >= 4 is 23.2 Å². The van der Waals surface area contributed by atoms with Crippen molar-refractivity contribution < 1.29 is 5.11 Å². The van der Waals surface area contributed by atoms with Gasteiger partial charge in [0.25, 0.3) is 0 Å². The fourth-order valence-electron chi connectivity index (χ4n) is 0.939. The topological polar surface area (TPSA) is 20.2 Å². The van der Waals surface area contributed by atoms with Gasteiger partial charge in [-0.2, -0.15) is 0 Å². The smallest absolute Gasteiger partial charge is 0.215 e. The van der Waals surface area contributed by atoms with E-state index in [1.54, 1.807) is 0 Å². The van der Waals surface area contributed by atoms with Gasteiger partial charge in [-0.3, -0.25) is 0 Å². The van der Waals surface area contributed by atoms with Gasteiger partial charge in [-0.15, -0.1) is 0 Å². The third-order valence-corrected chi connectivity index (χ3v) is 1.94. The van der Waals surface area contributed by atoms with E-state index in [0.29, 0.717) is 12.8 Å². The summed E-state index contributed by atoms with van der Waals surface area (Å²) in [6, 6.07) is 9.77. The zero-order chi connectivity index (χ0) is 9.03. The van der Waals surface area contributed by atoms with E-state index >= 15 is 0 Å². The lowest BCUT2D eigenvalue weighted by molar-refractivity contribution is 0.204. The molecule has 0 spiro atoms. The minimum Gasteiger partial charge on any atom is -0.363 e. The number of alkyl halides is 2. The highest BCUT2D eigenvalue weighted by molar-refractivity contribution is 6.46. The van der Waals surface area contributed by atoms with Crippen LogP contribution < -0.4 is 0 Å². The van der Waals surface area contributed by atoms with Gasteiger partial charge in [0.15, 0.2) is 0 Å². The Labute approximate surface area is 81.9 Å². The van der Waals surface area contributed by atoms with E-state index in [-0.39, 0.29) is 0 Å². The van der Waals surface area contributed by atoms with Gasteiger partial charge in [-0.1, -0.05) is 53.5 Å². The zero-order valence-corrected chi connectivity index (χ0v) is 8.02. The lowest BCUT2D eigenvalue weighted by Gasteiger charge is -2.10. The highest BCUT2D eigenvalue weighted by atomic mass is 35.5. The van der Waals surface area contributed by atoms with E-state index < -0.39 is 4.52 Å². The standard InChI is InChI=1S/C9H10Cl2O/c10-9(11,12)7-6-8-4-2-1-3-5-8/h1-5,12H,6-7H2. The number of halogens is 2. The highest BCUT2D eigenvalue weighted by Gasteiger charge is 2.17. The zero-order valence-electron chi connectivity index (χ0n) is 6.50. The van der Waals surface area contributed by atoms with Gasteiger partial charge in [-0.25, -0.2) is 0 Å². The second-order valence-electron chi connectivity index (χ2n) is 2.65. The van der Waals surface area contributed by atoms with E-state index in [0.717, 1.165) is 5.56 Å². The van der Waals surface area contributed by atoms with E-state index in [9.17, 15) is 0 Å². The van der Waals surface area contributed by atoms with E-state index in [2.05, 4.69) is 0 Å². The van der Waals surface area contributed by atoms with Crippen molar-refractivity contribution in [1.29, 1.82) is 0 Å². The summed E-state index contributed by atoms with van der Waals surface area (Å²) in [5.41, 5.74) is 1.12. The Morgan fingerprint density at radius 3 is 2.25 bits per heavy atom. The maximum absolute atomic E-state index is 9.01. The van der Waals surface area contributed by atoms with Crippen molar-refractivity contribution in [1.82, 2.24) is 0 Å². The predicted molar refractivity (Wildman–Crippen MR) is 51.4 cm³/mol. The first-order valence-corrected chi connectivity index (χ1v) is 4.48. The molecule has 1 aromatic rings. The summed E-state index contributed by atoms with van der Waals surface area (Å²) in [5.74, 6) is 0. The predicted octanol–water partition coefficient (Wildman–Crippen LogP) is 2.74. The van der Waals surface area contributed by atoms with Crippen molar-refractivity contribution in [3.63, 3.8) is 0 Å². The molecule has 0 atom stereocenters. The Hall–Kier alpha value is -0.240. The van der Waals surface area contributed by atoms with Crippen LogP contribution in [0.5, 0.6) is 0 Å². The minimum absolute atomic E-state index is 0.347. The molecule has 0 saturated carbocycles. The molecule has 0 radical (unpaired) electrons. The summed E-state index contributed by atoms with van der Waals surface area (Å²) < 4.78 is -1.60. The van der Waals surface area contributed by atoms with Gasteiger partial charge >= 0.3 is 0 Å². The minimum atomic E-state index is -1.60. The summed E-state index contributed by atoms with van der Waals surface area (Å²) in [6.07, 6.45) is 1.03. The number of benzene rings is 1. The van der Waals surface area contributed by atoms with E-state index in [1.165, 1.54) is 0 Å². The average Bonchev–Trinajstić information content (AvgIpc) is 2.02. The summed E-state index contributed by atoms with van der Waals surface area (Å²) >= 11 is 10.8.